The first-order valence-corrected chi connectivity index (χ1v) is 6.10. The molecule has 1 aromatic heterocycles. The van der Waals surface area contributed by atoms with Gasteiger partial charge in [0.25, 0.3) is 0 Å². The number of aryl methyl sites for hydroxylation is 2. The zero-order valence-corrected chi connectivity index (χ0v) is 11.3. The van der Waals surface area contributed by atoms with Gasteiger partial charge in [0.2, 0.25) is 5.88 Å². The molecule has 0 spiro atoms. The van der Waals surface area contributed by atoms with Gasteiger partial charge in [-0.1, -0.05) is 11.6 Å². The minimum absolute atomic E-state index is 0.157. The molecule has 0 saturated carbocycles. The minimum Gasteiger partial charge on any atom is -0.437 e. The predicted molar refractivity (Wildman–Crippen MR) is 71.1 cm³/mol. The van der Waals surface area contributed by atoms with Crippen molar-refractivity contribution >= 4 is 11.6 Å². The number of aromatic nitrogens is 1. The molecule has 1 N–H and O–H groups in total. The van der Waals surface area contributed by atoms with E-state index in [0.717, 1.165) is 17.3 Å². The highest BCUT2D eigenvalue weighted by atomic mass is 35.5. The van der Waals surface area contributed by atoms with Crippen LogP contribution in [0.5, 0.6) is 11.6 Å². The van der Waals surface area contributed by atoms with E-state index in [1.807, 2.05) is 19.9 Å². The fourth-order valence-corrected chi connectivity index (χ4v) is 1.97. The third-order valence-electron chi connectivity index (χ3n) is 2.70. The zero-order valence-electron chi connectivity index (χ0n) is 10.6. The van der Waals surface area contributed by atoms with Crippen LogP contribution in [0.15, 0.2) is 24.3 Å². The van der Waals surface area contributed by atoms with Crippen molar-refractivity contribution in [2.75, 3.05) is 0 Å². The van der Waals surface area contributed by atoms with Gasteiger partial charge in [-0.15, -0.1) is 0 Å². The van der Waals surface area contributed by atoms with E-state index in [2.05, 4.69) is 4.98 Å². The topological polar surface area (TPSA) is 42.4 Å². The summed E-state index contributed by atoms with van der Waals surface area (Å²) in [5.41, 5.74) is 2.23. The average Bonchev–Trinajstić information content (AvgIpc) is 2.32. The Morgan fingerprint density at radius 3 is 2.68 bits per heavy atom. The van der Waals surface area contributed by atoms with Gasteiger partial charge in [0.05, 0.1) is 11.6 Å². The molecule has 0 aliphatic heterocycles. The van der Waals surface area contributed by atoms with Crippen LogP contribution in [-0.4, -0.2) is 10.1 Å². The van der Waals surface area contributed by atoms with Gasteiger partial charge in [0.15, 0.2) is 0 Å². The lowest BCUT2D eigenvalue weighted by atomic mass is 10.1. The summed E-state index contributed by atoms with van der Waals surface area (Å²) < 4.78 is 18.5. The monoisotopic (exact) mass is 281 g/mol. The Morgan fingerprint density at radius 1 is 1.32 bits per heavy atom. The first kappa shape index (κ1) is 13.8. The van der Waals surface area contributed by atoms with E-state index >= 15 is 0 Å². The number of aliphatic hydroxyl groups excluding tert-OH is 1. The molecule has 1 aromatic carbocycles. The molecule has 0 aliphatic carbocycles. The molecule has 3 nitrogen and oxygen atoms in total. The molecule has 0 radical (unpaired) electrons. The number of pyridine rings is 1. The Bertz CT molecular complexity index is 617. The number of rotatable bonds is 3. The third-order valence-corrected chi connectivity index (χ3v) is 2.99. The number of hydrogen-bond acceptors (Lipinski definition) is 3. The first-order valence-electron chi connectivity index (χ1n) is 5.72. The molecule has 1 heterocycles. The molecular weight excluding hydrogens is 269 g/mol. The smallest absolute Gasteiger partial charge is 0.225 e. The Balaban J connectivity index is 2.42. The van der Waals surface area contributed by atoms with E-state index in [4.69, 9.17) is 16.3 Å². The maximum Gasteiger partial charge on any atom is 0.225 e. The fourth-order valence-electron chi connectivity index (χ4n) is 1.77. The molecule has 0 fully saturated rings. The van der Waals surface area contributed by atoms with Gasteiger partial charge in [-0.05, 0) is 43.7 Å². The molecular formula is C14H13ClFNO2. The van der Waals surface area contributed by atoms with Crippen molar-refractivity contribution in [1.29, 1.82) is 0 Å². The van der Waals surface area contributed by atoms with Gasteiger partial charge < -0.3 is 9.84 Å². The Morgan fingerprint density at radius 2 is 2.05 bits per heavy atom. The lowest BCUT2D eigenvalue weighted by Gasteiger charge is -2.12. The normalized spacial score (nSPS) is 10.6. The number of benzene rings is 1. The summed E-state index contributed by atoms with van der Waals surface area (Å²) in [5, 5.41) is 9.53. The maximum atomic E-state index is 13.0. The van der Waals surface area contributed by atoms with Crippen molar-refractivity contribution in [2.24, 2.45) is 0 Å². The highest BCUT2D eigenvalue weighted by Gasteiger charge is 2.12. The van der Waals surface area contributed by atoms with Crippen molar-refractivity contribution in [2.45, 2.75) is 20.5 Å². The zero-order chi connectivity index (χ0) is 14.0. The lowest BCUT2D eigenvalue weighted by Crippen LogP contribution is -2.00. The van der Waals surface area contributed by atoms with Crippen LogP contribution in [0, 0.1) is 19.7 Å². The molecule has 0 bridgehead atoms. The second-order valence-corrected chi connectivity index (χ2v) is 4.61. The maximum absolute atomic E-state index is 13.0. The van der Waals surface area contributed by atoms with E-state index < -0.39 is 5.82 Å². The number of halogens is 2. The van der Waals surface area contributed by atoms with Crippen molar-refractivity contribution in [1.82, 2.24) is 4.98 Å². The van der Waals surface area contributed by atoms with Gasteiger partial charge in [-0.3, -0.25) is 0 Å². The van der Waals surface area contributed by atoms with Crippen LogP contribution in [-0.2, 0) is 6.61 Å². The van der Waals surface area contributed by atoms with Crippen molar-refractivity contribution in [3.05, 3.63) is 51.9 Å². The van der Waals surface area contributed by atoms with E-state index in [1.54, 1.807) is 0 Å². The summed E-state index contributed by atoms with van der Waals surface area (Å²) in [7, 11) is 0. The summed E-state index contributed by atoms with van der Waals surface area (Å²) >= 11 is 5.90. The highest BCUT2D eigenvalue weighted by molar-refractivity contribution is 6.32. The fraction of sp³-hybridized carbons (Fsp3) is 0.214. The first-order chi connectivity index (χ1) is 9.01. The van der Waals surface area contributed by atoms with Gasteiger partial charge in [-0.25, -0.2) is 9.37 Å². The van der Waals surface area contributed by atoms with Crippen LogP contribution >= 0.6 is 11.6 Å². The summed E-state index contributed by atoms with van der Waals surface area (Å²) in [6.45, 7) is 3.50. The van der Waals surface area contributed by atoms with Crippen LogP contribution in [0.4, 0.5) is 4.39 Å². The summed E-state index contributed by atoms with van der Waals surface area (Å²) in [4.78, 5) is 4.23. The minimum atomic E-state index is -0.437. The molecule has 5 heteroatoms. The molecule has 0 saturated heterocycles. The summed E-state index contributed by atoms with van der Waals surface area (Å²) in [6.07, 6.45) is 0. The third kappa shape index (κ3) is 3.03. The van der Waals surface area contributed by atoms with Gasteiger partial charge in [0.1, 0.15) is 11.6 Å². The number of ether oxygens (including phenoxy) is 1. The Hall–Kier alpha value is -1.65. The lowest BCUT2D eigenvalue weighted by molar-refractivity contribution is 0.274. The van der Waals surface area contributed by atoms with Crippen LogP contribution < -0.4 is 4.74 Å². The van der Waals surface area contributed by atoms with Crippen molar-refractivity contribution in [3.8, 4) is 11.6 Å². The van der Waals surface area contributed by atoms with Crippen molar-refractivity contribution < 1.29 is 14.2 Å². The number of hydrogen-bond donors (Lipinski definition) is 1. The summed E-state index contributed by atoms with van der Waals surface area (Å²) in [6, 6.07) is 5.70. The van der Waals surface area contributed by atoms with E-state index in [9.17, 15) is 9.50 Å². The molecule has 100 valence electrons. The van der Waals surface area contributed by atoms with Gasteiger partial charge in [0, 0.05) is 11.3 Å². The molecule has 19 heavy (non-hydrogen) atoms. The average molecular weight is 282 g/mol. The van der Waals surface area contributed by atoms with E-state index in [-0.39, 0.29) is 17.5 Å². The molecule has 0 atom stereocenters. The van der Waals surface area contributed by atoms with Crippen LogP contribution in [0.25, 0.3) is 0 Å². The van der Waals surface area contributed by atoms with Crippen LogP contribution in [0.2, 0.25) is 5.02 Å². The Labute approximate surface area is 115 Å². The predicted octanol–water partition coefficient (Wildman–Crippen LogP) is 3.78. The SMILES string of the molecule is Cc1cc(C)c(CO)c(Oc2ccc(F)cc2Cl)n1. The van der Waals surface area contributed by atoms with E-state index in [0.29, 0.717) is 11.3 Å². The number of nitrogens with zero attached hydrogens (tertiary/aromatic N) is 1. The molecule has 0 unspecified atom stereocenters. The van der Waals surface area contributed by atoms with Gasteiger partial charge >= 0.3 is 0 Å². The van der Waals surface area contributed by atoms with Crippen molar-refractivity contribution in [3.63, 3.8) is 0 Å². The highest BCUT2D eigenvalue weighted by Crippen LogP contribution is 2.31. The Kier molecular flexibility index (Phi) is 4.02. The van der Waals surface area contributed by atoms with Crippen LogP contribution in [0.3, 0.4) is 0 Å². The molecule has 0 amide bonds. The summed E-state index contributed by atoms with van der Waals surface area (Å²) in [5.74, 6) is 0.150. The van der Waals surface area contributed by atoms with E-state index in [1.165, 1.54) is 12.1 Å². The second-order valence-electron chi connectivity index (χ2n) is 4.20. The standard InChI is InChI=1S/C14H13ClFNO2/c1-8-5-9(2)17-14(11(8)7-18)19-13-4-3-10(16)6-12(13)15/h3-6,18H,7H2,1-2H3. The molecule has 0 aliphatic rings. The molecule has 2 rings (SSSR count). The largest absolute Gasteiger partial charge is 0.437 e. The number of aliphatic hydroxyl groups is 1. The quantitative estimate of drug-likeness (QED) is 0.931. The van der Waals surface area contributed by atoms with Gasteiger partial charge in [-0.2, -0.15) is 0 Å². The van der Waals surface area contributed by atoms with Crippen LogP contribution in [0.1, 0.15) is 16.8 Å². The second kappa shape index (κ2) is 5.55. The molecule has 2 aromatic rings.